The molecule has 6 aromatic rings. The SMILES string of the molecule is CCOc1ccc(-c2nc(OCC)nc(-c3ccc4ccc5cccc6ccc3c4c56)n2)c(O)c1. The van der Waals surface area contributed by atoms with E-state index in [1.54, 1.807) is 18.2 Å². The fourth-order valence-corrected chi connectivity index (χ4v) is 4.68. The van der Waals surface area contributed by atoms with Gasteiger partial charge in [0.05, 0.1) is 18.8 Å². The van der Waals surface area contributed by atoms with Gasteiger partial charge in [0.2, 0.25) is 0 Å². The molecule has 6 nitrogen and oxygen atoms in total. The summed E-state index contributed by atoms with van der Waals surface area (Å²) in [5.74, 6) is 1.44. The van der Waals surface area contributed by atoms with Gasteiger partial charge in [0.1, 0.15) is 11.5 Å². The molecule has 0 spiro atoms. The molecule has 0 bridgehead atoms. The molecule has 35 heavy (non-hydrogen) atoms. The van der Waals surface area contributed by atoms with E-state index in [-0.39, 0.29) is 11.8 Å². The lowest BCUT2D eigenvalue weighted by Gasteiger charge is -2.14. The molecular weight excluding hydrogens is 438 g/mol. The molecule has 0 unspecified atom stereocenters. The monoisotopic (exact) mass is 461 g/mol. The van der Waals surface area contributed by atoms with Crippen molar-refractivity contribution in [1.29, 1.82) is 0 Å². The Kier molecular flexibility index (Phi) is 5.07. The van der Waals surface area contributed by atoms with Crippen molar-refractivity contribution in [3.8, 4) is 40.3 Å². The first-order valence-electron chi connectivity index (χ1n) is 11.7. The van der Waals surface area contributed by atoms with Crippen molar-refractivity contribution in [2.45, 2.75) is 13.8 Å². The molecule has 6 heteroatoms. The van der Waals surface area contributed by atoms with E-state index in [4.69, 9.17) is 14.5 Å². The van der Waals surface area contributed by atoms with Crippen molar-refractivity contribution in [2.75, 3.05) is 13.2 Å². The van der Waals surface area contributed by atoms with Crippen molar-refractivity contribution < 1.29 is 14.6 Å². The lowest BCUT2D eigenvalue weighted by Crippen LogP contribution is -2.03. The first-order chi connectivity index (χ1) is 17.2. The Morgan fingerprint density at radius 3 is 2.00 bits per heavy atom. The van der Waals surface area contributed by atoms with Gasteiger partial charge in [-0.15, -0.1) is 0 Å². The first-order valence-corrected chi connectivity index (χ1v) is 11.7. The Balaban J connectivity index is 1.58. The second-order valence-corrected chi connectivity index (χ2v) is 8.28. The highest BCUT2D eigenvalue weighted by molar-refractivity contribution is 6.25. The Morgan fingerprint density at radius 2 is 1.29 bits per heavy atom. The quantitative estimate of drug-likeness (QED) is 0.281. The molecule has 172 valence electrons. The Labute approximate surface area is 202 Å². The molecule has 6 rings (SSSR count). The van der Waals surface area contributed by atoms with Crippen LogP contribution in [0.5, 0.6) is 17.5 Å². The van der Waals surface area contributed by atoms with Crippen LogP contribution < -0.4 is 9.47 Å². The Hall–Kier alpha value is -4.45. The minimum absolute atomic E-state index is 0.0333. The van der Waals surface area contributed by atoms with Gasteiger partial charge in [-0.25, -0.2) is 4.98 Å². The van der Waals surface area contributed by atoms with Crippen LogP contribution in [0.25, 0.3) is 55.1 Å². The zero-order chi connectivity index (χ0) is 23.9. The third-order valence-electron chi connectivity index (χ3n) is 6.18. The number of phenolic OH excluding ortho intramolecular Hbond substituents is 1. The summed E-state index contributed by atoms with van der Waals surface area (Å²) in [6, 6.07) is 24.4. The van der Waals surface area contributed by atoms with Gasteiger partial charge in [0.25, 0.3) is 0 Å². The van der Waals surface area contributed by atoms with E-state index < -0.39 is 0 Å². The number of aromatic hydroxyl groups is 1. The molecule has 1 aromatic heterocycles. The van der Waals surface area contributed by atoms with Gasteiger partial charge in [-0.3, -0.25) is 0 Å². The van der Waals surface area contributed by atoms with Gasteiger partial charge in [0.15, 0.2) is 11.6 Å². The van der Waals surface area contributed by atoms with Crippen LogP contribution in [0.2, 0.25) is 0 Å². The van der Waals surface area contributed by atoms with E-state index in [0.29, 0.717) is 36.2 Å². The Morgan fingerprint density at radius 1 is 0.657 bits per heavy atom. The average molecular weight is 462 g/mol. The molecule has 0 aliphatic carbocycles. The fourth-order valence-electron chi connectivity index (χ4n) is 4.68. The zero-order valence-electron chi connectivity index (χ0n) is 19.4. The van der Waals surface area contributed by atoms with E-state index in [1.807, 2.05) is 19.9 Å². The molecule has 0 aliphatic heterocycles. The molecule has 1 heterocycles. The number of aromatic nitrogens is 3. The standard InChI is InChI=1S/C29H23N3O3/c1-3-34-20-12-15-23(24(33)16-20)28-30-27(31-29(32-28)35-4-2)22-14-11-19-9-8-17-6-5-7-18-10-13-21(22)26(19)25(17)18/h5-16,33H,3-4H2,1-2H3. The van der Waals surface area contributed by atoms with Gasteiger partial charge >= 0.3 is 6.01 Å². The summed E-state index contributed by atoms with van der Waals surface area (Å²) in [5, 5.41) is 17.7. The number of hydrogen-bond acceptors (Lipinski definition) is 6. The van der Waals surface area contributed by atoms with Crippen molar-refractivity contribution in [1.82, 2.24) is 15.0 Å². The van der Waals surface area contributed by atoms with Crippen LogP contribution >= 0.6 is 0 Å². The zero-order valence-corrected chi connectivity index (χ0v) is 19.4. The van der Waals surface area contributed by atoms with Crippen LogP contribution in [0.1, 0.15) is 13.8 Å². The maximum absolute atomic E-state index is 10.7. The van der Waals surface area contributed by atoms with Crippen molar-refractivity contribution in [2.24, 2.45) is 0 Å². The maximum Gasteiger partial charge on any atom is 0.320 e. The minimum atomic E-state index is 0.0333. The molecule has 0 saturated heterocycles. The van der Waals surface area contributed by atoms with E-state index in [0.717, 1.165) is 16.3 Å². The summed E-state index contributed by atoms with van der Waals surface area (Å²) in [5.41, 5.74) is 1.36. The van der Waals surface area contributed by atoms with Gasteiger partial charge in [-0.2, -0.15) is 9.97 Å². The normalized spacial score (nSPS) is 11.5. The number of ether oxygens (including phenoxy) is 2. The van der Waals surface area contributed by atoms with E-state index >= 15 is 0 Å². The first kappa shape index (κ1) is 21.1. The number of phenols is 1. The summed E-state index contributed by atoms with van der Waals surface area (Å²) < 4.78 is 11.2. The summed E-state index contributed by atoms with van der Waals surface area (Å²) in [4.78, 5) is 13.9. The smallest absolute Gasteiger partial charge is 0.320 e. The van der Waals surface area contributed by atoms with Crippen LogP contribution in [0, 0.1) is 0 Å². The lowest BCUT2D eigenvalue weighted by molar-refractivity contribution is 0.312. The summed E-state index contributed by atoms with van der Waals surface area (Å²) in [6.45, 7) is 4.70. The van der Waals surface area contributed by atoms with Gasteiger partial charge in [0, 0.05) is 11.6 Å². The second kappa shape index (κ2) is 8.40. The van der Waals surface area contributed by atoms with Crippen molar-refractivity contribution in [3.05, 3.63) is 72.8 Å². The van der Waals surface area contributed by atoms with Crippen LogP contribution in [-0.2, 0) is 0 Å². The molecular formula is C29H23N3O3. The highest BCUT2D eigenvalue weighted by atomic mass is 16.5. The molecule has 1 N–H and O–H groups in total. The van der Waals surface area contributed by atoms with E-state index in [1.165, 1.54) is 21.5 Å². The van der Waals surface area contributed by atoms with E-state index in [9.17, 15) is 5.11 Å². The molecule has 5 aromatic carbocycles. The predicted molar refractivity (Wildman–Crippen MR) is 138 cm³/mol. The highest BCUT2D eigenvalue weighted by Crippen LogP contribution is 2.39. The third-order valence-corrected chi connectivity index (χ3v) is 6.18. The number of benzene rings is 5. The number of nitrogens with zero attached hydrogens (tertiary/aromatic N) is 3. The summed E-state index contributed by atoms with van der Waals surface area (Å²) in [7, 11) is 0. The summed E-state index contributed by atoms with van der Waals surface area (Å²) >= 11 is 0. The fraction of sp³-hybridized carbons (Fsp3) is 0.138. The average Bonchev–Trinajstić information content (AvgIpc) is 2.87. The topological polar surface area (TPSA) is 77.4 Å². The van der Waals surface area contributed by atoms with E-state index in [2.05, 4.69) is 58.5 Å². The Bertz CT molecular complexity index is 1680. The molecule has 0 fully saturated rings. The van der Waals surface area contributed by atoms with Crippen LogP contribution in [-0.4, -0.2) is 33.3 Å². The van der Waals surface area contributed by atoms with Crippen molar-refractivity contribution >= 4 is 32.3 Å². The van der Waals surface area contributed by atoms with Gasteiger partial charge < -0.3 is 14.6 Å². The van der Waals surface area contributed by atoms with Gasteiger partial charge in [-0.05, 0) is 64.4 Å². The molecule has 0 aliphatic rings. The van der Waals surface area contributed by atoms with Crippen molar-refractivity contribution in [3.63, 3.8) is 0 Å². The highest BCUT2D eigenvalue weighted by Gasteiger charge is 2.18. The van der Waals surface area contributed by atoms with Crippen LogP contribution in [0.15, 0.2) is 72.8 Å². The molecule has 0 atom stereocenters. The second-order valence-electron chi connectivity index (χ2n) is 8.28. The summed E-state index contributed by atoms with van der Waals surface area (Å²) in [6.07, 6.45) is 0. The lowest BCUT2D eigenvalue weighted by atomic mass is 9.92. The predicted octanol–water partition coefficient (Wildman–Crippen LogP) is 6.61. The number of rotatable bonds is 6. The number of hydrogen-bond donors (Lipinski definition) is 1. The molecule has 0 radical (unpaired) electrons. The minimum Gasteiger partial charge on any atom is -0.507 e. The van der Waals surface area contributed by atoms with Crippen LogP contribution in [0.3, 0.4) is 0 Å². The molecule has 0 amide bonds. The third kappa shape index (κ3) is 3.54. The largest absolute Gasteiger partial charge is 0.507 e. The maximum atomic E-state index is 10.7. The van der Waals surface area contributed by atoms with Crippen LogP contribution in [0.4, 0.5) is 0 Å². The van der Waals surface area contributed by atoms with Gasteiger partial charge in [-0.1, -0.05) is 48.5 Å². The molecule has 0 saturated carbocycles.